The van der Waals surface area contributed by atoms with Gasteiger partial charge in [0.15, 0.2) is 0 Å². The number of benzene rings is 1. The first kappa shape index (κ1) is 15.8. The molecule has 0 unspecified atom stereocenters. The van der Waals surface area contributed by atoms with E-state index in [-0.39, 0.29) is 12.7 Å². The van der Waals surface area contributed by atoms with E-state index in [1.54, 1.807) is 13.2 Å². The van der Waals surface area contributed by atoms with Crippen molar-refractivity contribution in [2.45, 2.75) is 25.5 Å². The summed E-state index contributed by atoms with van der Waals surface area (Å²) in [5, 5.41) is 17.8. The summed E-state index contributed by atoms with van der Waals surface area (Å²) in [5.74, 6) is 0.827. The Bertz CT molecular complexity index is 491. The van der Waals surface area contributed by atoms with E-state index in [1.807, 2.05) is 12.1 Å². The molecule has 0 saturated carbocycles. The molecule has 1 aromatic carbocycles. The number of nitriles is 1. The molecule has 2 rings (SSSR count). The molecule has 0 spiro atoms. The van der Waals surface area contributed by atoms with E-state index in [1.165, 1.54) is 0 Å². The Hall–Kier alpha value is -1.61. The van der Waals surface area contributed by atoms with Gasteiger partial charge in [0.2, 0.25) is 0 Å². The summed E-state index contributed by atoms with van der Waals surface area (Å²) in [7, 11) is 1.65. The molecule has 21 heavy (non-hydrogen) atoms. The van der Waals surface area contributed by atoms with Crippen LogP contribution in [0.25, 0.3) is 0 Å². The summed E-state index contributed by atoms with van der Waals surface area (Å²) in [4.78, 5) is 2.35. The molecule has 1 fully saturated rings. The zero-order valence-electron chi connectivity index (χ0n) is 12.4. The van der Waals surface area contributed by atoms with Crippen LogP contribution in [-0.4, -0.2) is 49.5 Å². The molecular weight excluding hydrogens is 268 g/mol. The van der Waals surface area contributed by atoms with Gasteiger partial charge in [0.25, 0.3) is 0 Å². The molecule has 0 aliphatic carbocycles. The maximum Gasteiger partial charge on any atom is 0.123 e. The van der Waals surface area contributed by atoms with Crippen LogP contribution in [0.1, 0.15) is 24.0 Å². The second kappa shape index (κ2) is 7.99. The number of hydrogen-bond acceptors (Lipinski definition) is 5. The number of likely N-dealkylation sites (tertiary alicyclic amines) is 1. The molecule has 0 atom stereocenters. The zero-order valence-corrected chi connectivity index (χ0v) is 12.4. The van der Waals surface area contributed by atoms with Crippen molar-refractivity contribution in [3.63, 3.8) is 0 Å². The van der Waals surface area contributed by atoms with Gasteiger partial charge in [-0.1, -0.05) is 0 Å². The van der Waals surface area contributed by atoms with Gasteiger partial charge in [-0.05, 0) is 31.0 Å². The van der Waals surface area contributed by atoms with Gasteiger partial charge in [0.05, 0.1) is 38.1 Å². The molecule has 1 saturated heterocycles. The van der Waals surface area contributed by atoms with Gasteiger partial charge in [-0.15, -0.1) is 0 Å². The Kier molecular flexibility index (Phi) is 6.00. The van der Waals surface area contributed by atoms with Crippen molar-refractivity contribution in [3.05, 3.63) is 29.3 Å². The molecule has 0 radical (unpaired) electrons. The van der Waals surface area contributed by atoms with Crippen LogP contribution in [0.5, 0.6) is 5.75 Å². The third-order valence-corrected chi connectivity index (χ3v) is 3.78. The lowest BCUT2D eigenvalue weighted by Crippen LogP contribution is -2.37. The van der Waals surface area contributed by atoms with Crippen LogP contribution in [0.15, 0.2) is 18.2 Å². The number of aliphatic hydroxyl groups is 1. The molecule has 114 valence electrons. The first-order valence-electron chi connectivity index (χ1n) is 7.28. The topological polar surface area (TPSA) is 65.7 Å². The minimum absolute atomic E-state index is 0.0817. The number of ether oxygens (including phenoxy) is 2. The highest BCUT2D eigenvalue weighted by Crippen LogP contribution is 2.23. The van der Waals surface area contributed by atoms with Crippen LogP contribution < -0.4 is 4.74 Å². The summed E-state index contributed by atoms with van der Waals surface area (Å²) < 4.78 is 10.9. The number of methoxy groups -OCH3 is 1. The van der Waals surface area contributed by atoms with Gasteiger partial charge in [0.1, 0.15) is 5.75 Å². The van der Waals surface area contributed by atoms with Crippen LogP contribution in [0.3, 0.4) is 0 Å². The first-order valence-corrected chi connectivity index (χ1v) is 7.28. The van der Waals surface area contributed by atoms with Crippen LogP contribution in [-0.2, 0) is 11.3 Å². The van der Waals surface area contributed by atoms with Crippen molar-refractivity contribution in [1.29, 1.82) is 5.26 Å². The van der Waals surface area contributed by atoms with Gasteiger partial charge in [0, 0.05) is 25.2 Å². The molecule has 0 bridgehead atoms. The minimum atomic E-state index is 0.0817. The summed E-state index contributed by atoms with van der Waals surface area (Å²) in [6.45, 7) is 3.19. The van der Waals surface area contributed by atoms with E-state index in [0.29, 0.717) is 12.2 Å². The Morgan fingerprint density at radius 1 is 1.38 bits per heavy atom. The highest BCUT2D eigenvalue weighted by Gasteiger charge is 2.20. The van der Waals surface area contributed by atoms with Crippen molar-refractivity contribution in [3.8, 4) is 11.8 Å². The smallest absolute Gasteiger partial charge is 0.123 e. The van der Waals surface area contributed by atoms with Gasteiger partial charge >= 0.3 is 0 Å². The maximum absolute atomic E-state index is 9.01. The zero-order chi connectivity index (χ0) is 15.1. The van der Waals surface area contributed by atoms with E-state index in [4.69, 9.17) is 19.8 Å². The number of nitrogens with zero attached hydrogens (tertiary/aromatic N) is 2. The summed E-state index contributed by atoms with van der Waals surface area (Å²) in [6, 6.07) is 7.69. The van der Waals surface area contributed by atoms with Crippen LogP contribution in [0.2, 0.25) is 0 Å². The van der Waals surface area contributed by atoms with E-state index < -0.39 is 0 Å². The molecule has 0 aromatic heterocycles. The van der Waals surface area contributed by atoms with Crippen molar-refractivity contribution in [1.82, 2.24) is 4.90 Å². The van der Waals surface area contributed by atoms with Gasteiger partial charge in [-0.25, -0.2) is 0 Å². The Morgan fingerprint density at radius 2 is 2.14 bits per heavy atom. The van der Waals surface area contributed by atoms with E-state index in [0.717, 1.165) is 43.8 Å². The number of hydrogen-bond donors (Lipinski definition) is 1. The van der Waals surface area contributed by atoms with Crippen LogP contribution in [0.4, 0.5) is 0 Å². The predicted molar refractivity (Wildman–Crippen MR) is 79.0 cm³/mol. The van der Waals surface area contributed by atoms with E-state index in [2.05, 4.69) is 11.0 Å². The molecule has 1 aromatic rings. The lowest BCUT2D eigenvalue weighted by molar-refractivity contribution is -0.00909. The standard InChI is InChI=1S/C16H22N2O3/c1-20-16-3-2-13(11-17)10-14(16)12-18-6-4-15(5-7-18)21-9-8-19/h2-3,10,15,19H,4-9,12H2,1H3. The van der Waals surface area contributed by atoms with Gasteiger partial charge < -0.3 is 14.6 Å². The fraction of sp³-hybridized carbons (Fsp3) is 0.562. The van der Waals surface area contributed by atoms with E-state index >= 15 is 0 Å². The largest absolute Gasteiger partial charge is 0.496 e. The van der Waals surface area contributed by atoms with Crippen LogP contribution >= 0.6 is 0 Å². The highest BCUT2D eigenvalue weighted by atomic mass is 16.5. The average molecular weight is 290 g/mol. The predicted octanol–water partition coefficient (Wildman–Crippen LogP) is 1.54. The SMILES string of the molecule is COc1ccc(C#N)cc1CN1CCC(OCCO)CC1. The molecule has 1 aliphatic heterocycles. The molecule has 1 heterocycles. The van der Waals surface area contributed by atoms with Gasteiger partial charge in [-0.2, -0.15) is 5.26 Å². The normalized spacial score (nSPS) is 16.6. The quantitative estimate of drug-likeness (QED) is 0.861. The molecule has 0 amide bonds. The molecule has 1 aliphatic rings. The fourth-order valence-corrected chi connectivity index (χ4v) is 2.67. The minimum Gasteiger partial charge on any atom is -0.496 e. The molecule has 1 N–H and O–H groups in total. The third-order valence-electron chi connectivity index (χ3n) is 3.78. The van der Waals surface area contributed by atoms with Crippen molar-refractivity contribution < 1.29 is 14.6 Å². The summed E-state index contributed by atoms with van der Waals surface area (Å²) in [6.07, 6.45) is 2.20. The number of aliphatic hydroxyl groups excluding tert-OH is 1. The summed E-state index contributed by atoms with van der Waals surface area (Å²) >= 11 is 0. The number of piperidine rings is 1. The molecular formula is C16H22N2O3. The fourth-order valence-electron chi connectivity index (χ4n) is 2.67. The Labute approximate surface area is 125 Å². The molecule has 5 heteroatoms. The lowest BCUT2D eigenvalue weighted by atomic mass is 10.1. The Morgan fingerprint density at radius 3 is 2.76 bits per heavy atom. The first-order chi connectivity index (χ1) is 10.3. The van der Waals surface area contributed by atoms with Crippen molar-refractivity contribution in [2.75, 3.05) is 33.4 Å². The highest BCUT2D eigenvalue weighted by molar-refractivity contribution is 5.42. The van der Waals surface area contributed by atoms with Gasteiger partial charge in [-0.3, -0.25) is 4.90 Å². The second-order valence-corrected chi connectivity index (χ2v) is 5.21. The van der Waals surface area contributed by atoms with Crippen molar-refractivity contribution in [2.24, 2.45) is 0 Å². The second-order valence-electron chi connectivity index (χ2n) is 5.21. The monoisotopic (exact) mass is 290 g/mol. The number of rotatable bonds is 6. The summed E-state index contributed by atoms with van der Waals surface area (Å²) in [5.41, 5.74) is 1.71. The third kappa shape index (κ3) is 4.43. The average Bonchev–Trinajstić information content (AvgIpc) is 2.54. The van der Waals surface area contributed by atoms with Crippen molar-refractivity contribution >= 4 is 0 Å². The lowest BCUT2D eigenvalue weighted by Gasteiger charge is -2.32. The Balaban J connectivity index is 1.92. The van der Waals surface area contributed by atoms with Crippen LogP contribution in [0, 0.1) is 11.3 Å². The maximum atomic E-state index is 9.01. The van der Waals surface area contributed by atoms with E-state index in [9.17, 15) is 0 Å². The molecule has 5 nitrogen and oxygen atoms in total.